The van der Waals surface area contributed by atoms with E-state index in [0.29, 0.717) is 29.5 Å². The summed E-state index contributed by atoms with van der Waals surface area (Å²) in [5, 5.41) is 7.78. The highest BCUT2D eigenvalue weighted by molar-refractivity contribution is 6.30. The van der Waals surface area contributed by atoms with Gasteiger partial charge >= 0.3 is 0 Å². The summed E-state index contributed by atoms with van der Waals surface area (Å²) in [6.07, 6.45) is 1.50. The number of aryl methyl sites for hydroxylation is 2. The van der Waals surface area contributed by atoms with Gasteiger partial charge in [0, 0.05) is 48.8 Å². The van der Waals surface area contributed by atoms with Gasteiger partial charge in [-0.25, -0.2) is 9.67 Å². The van der Waals surface area contributed by atoms with E-state index in [4.69, 9.17) is 11.6 Å². The highest BCUT2D eigenvalue weighted by Crippen LogP contribution is 2.20. The first-order chi connectivity index (χ1) is 15.4. The van der Waals surface area contributed by atoms with E-state index >= 15 is 0 Å². The van der Waals surface area contributed by atoms with Crippen LogP contribution in [0.4, 0.5) is 5.69 Å². The van der Waals surface area contributed by atoms with Crippen molar-refractivity contribution in [3.8, 4) is 5.82 Å². The van der Waals surface area contributed by atoms with E-state index in [0.717, 1.165) is 30.2 Å². The number of carbonyl (C=O) groups excluding carboxylic acids is 2. The van der Waals surface area contributed by atoms with Gasteiger partial charge in [-0.15, -0.1) is 0 Å². The van der Waals surface area contributed by atoms with Crippen molar-refractivity contribution in [3.05, 3.63) is 70.6 Å². The molecule has 1 fully saturated rings. The Balaban J connectivity index is 1.28. The molecular weight excluding hydrogens is 428 g/mol. The lowest BCUT2D eigenvalue weighted by atomic mass is 10.2. The second-order valence-corrected chi connectivity index (χ2v) is 8.21. The molecule has 1 saturated heterocycles. The number of hydrogen-bond acceptors (Lipinski definition) is 5. The summed E-state index contributed by atoms with van der Waals surface area (Å²) in [5.41, 5.74) is 3.31. The Bertz CT molecular complexity index is 1120. The highest BCUT2D eigenvalue weighted by Gasteiger charge is 2.22. The molecule has 0 atom stereocenters. The van der Waals surface area contributed by atoms with E-state index in [1.807, 2.05) is 44.2 Å². The number of nitrogens with one attached hydrogen (secondary N) is 1. The lowest BCUT2D eigenvalue weighted by Gasteiger charge is -2.36. The SMILES string of the molecule is Cc1cc(C)n(-c2ccc(C(=O)NCC(=O)N3CCN(c4cccc(Cl)c4)CC3)cn2)n1. The molecule has 1 N–H and O–H groups in total. The fraction of sp³-hybridized carbons (Fsp3) is 0.304. The van der Waals surface area contributed by atoms with Crippen LogP contribution in [0.25, 0.3) is 5.82 Å². The molecule has 166 valence electrons. The topological polar surface area (TPSA) is 83.4 Å². The number of pyridine rings is 1. The van der Waals surface area contributed by atoms with Gasteiger partial charge in [-0.1, -0.05) is 17.7 Å². The molecule has 32 heavy (non-hydrogen) atoms. The second-order valence-electron chi connectivity index (χ2n) is 7.77. The molecule has 2 aromatic heterocycles. The number of anilines is 1. The molecule has 0 saturated carbocycles. The number of piperazine rings is 1. The summed E-state index contributed by atoms with van der Waals surface area (Å²) in [5.74, 6) is 0.209. The Morgan fingerprint density at radius 2 is 1.84 bits per heavy atom. The molecule has 8 nitrogen and oxygen atoms in total. The summed E-state index contributed by atoms with van der Waals surface area (Å²) in [6, 6.07) is 13.1. The maximum absolute atomic E-state index is 12.6. The van der Waals surface area contributed by atoms with E-state index in [2.05, 4.69) is 20.3 Å². The van der Waals surface area contributed by atoms with Gasteiger partial charge < -0.3 is 15.1 Å². The van der Waals surface area contributed by atoms with Crippen LogP contribution < -0.4 is 10.2 Å². The van der Waals surface area contributed by atoms with Crippen LogP contribution in [-0.2, 0) is 4.79 Å². The number of halogens is 1. The van der Waals surface area contributed by atoms with Crippen molar-refractivity contribution < 1.29 is 9.59 Å². The van der Waals surface area contributed by atoms with Gasteiger partial charge in [-0.3, -0.25) is 9.59 Å². The van der Waals surface area contributed by atoms with E-state index < -0.39 is 0 Å². The standard InChI is InChI=1S/C23H25ClN6O2/c1-16-12-17(2)30(27-16)21-7-6-18(14-25-21)23(32)26-15-22(31)29-10-8-28(9-11-29)20-5-3-4-19(24)13-20/h3-7,12-14H,8-11,15H2,1-2H3,(H,26,32). The minimum atomic E-state index is -0.330. The maximum atomic E-state index is 12.6. The lowest BCUT2D eigenvalue weighted by Crippen LogP contribution is -2.51. The van der Waals surface area contributed by atoms with E-state index in [1.54, 1.807) is 21.7 Å². The molecule has 1 aliphatic rings. The van der Waals surface area contributed by atoms with Gasteiger partial charge in [-0.2, -0.15) is 5.10 Å². The van der Waals surface area contributed by atoms with E-state index in [9.17, 15) is 9.59 Å². The average molecular weight is 453 g/mol. The number of benzene rings is 1. The van der Waals surface area contributed by atoms with Gasteiger partial charge in [0.05, 0.1) is 17.8 Å². The van der Waals surface area contributed by atoms with Crippen LogP contribution in [0.3, 0.4) is 0 Å². The van der Waals surface area contributed by atoms with Crippen LogP contribution >= 0.6 is 11.6 Å². The van der Waals surface area contributed by atoms with E-state index in [1.165, 1.54) is 6.20 Å². The van der Waals surface area contributed by atoms with Crippen molar-refractivity contribution in [1.29, 1.82) is 0 Å². The number of carbonyl (C=O) groups is 2. The van der Waals surface area contributed by atoms with Crippen LogP contribution in [0.2, 0.25) is 5.02 Å². The van der Waals surface area contributed by atoms with Crippen LogP contribution in [0.1, 0.15) is 21.7 Å². The maximum Gasteiger partial charge on any atom is 0.253 e. The Labute approximate surface area is 191 Å². The van der Waals surface area contributed by atoms with Gasteiger partial charge in [0.15, 0.2) is 5.82 Å². The van der Waals surface area contributed by atoms with Crippen molar-refractivity contribution in [2.24, 2.45) is 0 Å². The first kappa shape index (κ1) is 21.8. The molecular formula is C23H25ClN6O2. The normalized spacial score (nSPS) is 13.8. The molecule has 0 bridgehead atoms. The lowest BCUT2D eigenvalue weighted by molar-refractivity contribution is -0.130. The monoisotopic (exact) mass is 452 g/mol. The first-order valence-corrected chi connectivity index (χ1v) is 10.8. The number of aromatic nitrogens is 3. The third kappa shape index (κ3) is 4.91. The summed E-state index contributed by atoms with van der Waals surface area (Å²) in [6.45, 7) is 6.45. The quantitative estimate of drug-likeness (QED) is 0.643. The summed E-state index contributed by atoms with van der Waals surface area (Å²) < 4.78 is 1.73. The minimum Gasteiger partial charge on any atom is -0.368 e. The van der Waals surface area contributed by atoms with Crippen LogP contribution in [-0.4, -0.2) is 64.2 Å². The molecule has 1 aliphatic heterocycles. The van der Waals surface area contributed by atoms with Gasteiger partial charge in [0.25, 0.3) is 5.91 Å². The molecule has 0 unspecified atom stereocenters. The van der Waals surface area contributed by atoms with Gasteiger partial charge in [-0.05, 0) is 50.2 Å². The summed E-state index contributed by atoms with van der Waals surface area (Å²) >= 11 is 6.07. The molecule has 4 rings (SSSR count). The smallest absolute Gasteiger partial charge is 0.253 e. The van der Waals surface area contributed by atoms with Crippen molar-refractivity contribution in [2.45, 2.75) is 13.8 Å². The van der Waals surface area contributed by atoms with Gasteiger partial charge in [0.1, 0.15) is 0 Å². The average Bonchev–Trinajstić information content (AvgIpc) is 3.15. The molecule has 1 aromatic carbocycles. The summed E-state index contributed by atoms with van der Waals surface area (Å²) in [4.78, 5) is 33.3. The largest absolute Gasteiger partial charge is 0.368 e. The molecule has 3 aromatic rings. The Kier molecular flexibility index (Phi) is 6.41. The predicted molar refractivity (Wildman–Crippen MR) is 123 cm³/mol. The van der Waals surface area contributed by atoms with E-state index in [-0.39, 0.29) is 18.4 Å². The number of rotatable bonds is 5. The highest BCUT2D eigenvalue weighted by atomic mass is 35.5. The zero-order valence-electron chi connectivity index (χ0n) is 18.1. The van der Waals surface area contributed by atoms with Crippen molar-refractivity contribution >= 4 is 29.1 Å². The number of amides is 2. The second kappa shape index (κ2) is 9.40. The Morgan fingerprint density at radius 3 is 2.47 bits per heavy atom. The van der Waals surface area contributed by atoms with Crippen molar-refractivity contribution in [3.63, 3.8) is 0 Å². The Morgan fingerprint density at radius 1 is 1.06 bits per heavy atom. The van der Waals surface area contributed by atoms with Crippen molar-refractivity contribution in [1.82, 2.24) is 25.0 Å². The molecule has 9 heteroatoms. The van der Waals surface area contributed by atoms with Crippen LogP contribution in [0.15, 0.2) is 48.7 Å². The number of nitrogens with zero attached hydrogens (tertiary/aromatic N) is 5. The van der Waals surface area contributed by atoms with Gasteiger partial charge in [0.2, 0.25) is 5.91 Å². The number of hydrogen-bond donors (Lipinski definition) is 1. The molecule has 0 radical (unpaired) electrons. The fourth-order valence-corrected chi connectivity index (χ4v) is 3.95. The predicted octanol–water partition coefficient (Wildman–Crippen LogP) is 2.62. The molecule has 3 heterocycles. The molecule has 0 aliphatic carbocycles. The van der Waals surface area contributed by atoms with Crippen LogP contribution in [0.5, 0.6) is 0 Å². The Hall–Kier alpha value is -3.39. The van der Waals surface area contributed by atoms with Crippen LogP contribution in [0, 0.1) is 13.8 Å². The fourth-order valence-electron chi connectivity index (χ4n) is 3.76. The third-order valence-corrected chi connectivity index (χ3v) is 5.68. The third-order valence-electron chi connectivity index (χ3n) is 5.44. The first-order valence-electron chi connectivity index (χ1n) is 10.5. The zero-order chi connectivity index (χ0) is 22.7. The molecule has 2 amide bonds. The molecule has 0 spiro atoms. The minimum absolute atomic E-state index is 0.0464. The zero-order valence-corrected chi connectivity index (χ0v) is 18.8. The summed E-state index contributed by atoms with van der Waals surface area (Å²) in [7, 11) is 0. The van der Waals surface area contributed by atoms with Crippen molar-refractivity contribution in [2.75, 3.05) is 37.6 Å².